The highest BCUT2D eigenvalue weighted by Gasteiger charge is 2.20. The van der Waals surface area contributed by atoms with Crippen molar-refractivity contribution in [2.24, 2.45) is 0 Å². The van der Waals surface area contributed by atoms with Crippen molar-refractivity contribution in [2.45, 2.75) is 32.8 Å². The Morgan fingerprint density at radius 3 is 2.71 bits per heavy atom. The van der Waals surface area contributed by atoms with Crippen LogP contribution in [0.15, 0.2) is 12.3 Å². The standard InChI is InChI=1S/C12H14N2O3/c1-12(2,3)17-11(16)14-7-9(4-5-13)6-10(14)8-15/h6-8H,4H2,1-3H3. The van der Waals surface area contributed by atoms with Gasteiger partial charge in [-0.1, -0.05) is 0 Å². The number of nitriles is 1. The van der Waals surface area contributed by atoms with Crippen molar-refractivity contribution in [3.05, 3.63) is 23.5 Å². The maximum absolute atomic E-state index is 11.8. The average Bonchev–Trinajstić information content (AvgIpc) is 2.59. The van der Waals surface area contributed by atoms with Crippen molar-refractivity contribution in [1.82, 2.24) is 4.57 Å². The van der Waals surface area contributed by atoms with Crippen LogP contribution < -0.4 is 0 Å². The van der Waals surface area contributed by atoms with Gasteiger partial charge in [0, 0.05) is 6.20 Å². The molecule has 1 rings (SSSR count). The number of ether oxygens (including phenoxy) is 1. The van der Waals surface area contributed by atoms with E-state index in [2.05, 4.69) is 0 Å². The summed E-state index contributed by atoms with van der Waals surface area (Å²) in [6, 6.07) is 3.45. The van der Waals surface area contributed by atoms with E-state index in [-0.39, 0.29) is 12.1 Å². The van der Waals surface area contributed by atoms with Gasteiger partial charge in [0.1, 0.15) is 5.60 Å². The van der Waals surface area contributed by atoms with Crippen molar-refractivity contribution in [1.29, 1.82) is 5.26 Å². The summed E-state index contributed by atoms with van der Waals surface area (Å²) < 4.78 is 6.26. The van der Waals surface area contributed by atoms with Crippen molar-refractivity contribution < 1.29 is 14.3 Å². The predicted molar refractivity (Wildman–Crippen MR) is 60.8 cm³/mol. The number of rotatable bonds is 2. The molecule has 0 atom stereocenters. The van der Waals surface area contributed by atoms with Crippen molar-refractivity contribution in [3.63, 3.8) is 0 Å². The molecule has 5 nitrogen and oxygen atoms in total. The van der Waals surface area contributed by atoms with Crippen molar-refractivity contribution in [3.8, 4) is 6.07 Å². The SMILES string of the molecule is CC(C)(C)OC(=O)n1cc(CC#N)cc1C=O. The lowest BCUT2D eigenvalue weighted by atomic mass is 10.2. The molecule has 0 saturated heterocycles. The van der Waals surface area contributed by atoms with Crippen LogP contribution in [-0.2, 0) is 11.2 Å². The second-order valence-corrected chi connectivity index (χ2v) is 4.58. The highest BCUT2D eigenvalue weighted by molar-refractivity contribution is 5.82. The van der Waals surface area contributed by atoms with Crippen LogP contribution in [0.25, 0.3) is 0 Å². The summed E-state index contributed by atoms with van der Waals surface area (Å²) in [5.41, 5.74) is 0.168. The molecule has 0 fully saturated rings. The summed E-state index contributed by atoms with van der Waals surface area (Å²) >= 11 is 0. The van der Waals surface area contributed by atoms with Crippen LogP contribution in [0, 0.1) is 11.3 Å². The van der Waals surface area contributed by atoms with Gasteiger partial charge in [0.25, 0.3) is 0 Å². The van der Waals surface area contributed by atoms with E-state index in [4.69, 9.17) is 10.00 Å². The first kappa shape index (κ1) is 13.0. The van der Waals surface area contributed by atoms with E-state index < -0.39 is 11.7 Å². The van der Waals surface area contributed by atoms with E-state index >= 15 is 0 Å². The summed E-state index contributed by atoms with van der Waals surface area (Å²) in [4.78, 5) is 22.6. The minimum absolute atomic E-state index is 0.149. The molecule has 5 heteroatoms. The average molecular weight is 234 g/mol. The zero-order valence-corrected chi connectivity index (χ0v) is 10.1. The molecule has 0 saturated carbocycles. The molecule has 1 aromatic heterocycles. The maximum Gasteiger partial charge on any atom is 0.419 e. The van der Waals surface area contributed by atoms with E-state index in [0.29, 0.717) is 11.8 Å². The van der Waals surface area contributed by atoms with E-state index in [1.807, 2.05) is 6.07 Å². The zero-order valence-electron chi connectivity index (χ0n) is 10.1. The van der Waals surface area contributed by atoms with Crippen LogP contribution in [0.3, 0.4) is 0 Å². The highest BCUT2D eigenvalue weighted by Crippen LogP contribution is 2.13. The van der Waals surface area contributed by atoms with E-state index in [1.165, 1.54) is 12.3 Å². The number of carbonyl (C=O) groups is 2. The molecule has 0 spiro atoms. The molecule has 0 aliphatic rings. The number of aldehydes is 1. The van der Waals surface area contributed by atoms with E-state index in [0.717, 1.165) is 4.57 Å². The third-order valence-electron chi connectivity index (χ3n) is 1.90. The Labute approximate surface area is 99.6 Å². The lowest BCUT2D eigenvalue weighted by Crippen LogP contribution is -2.27. The predicted octanol–water partition coefficient (Wildman–Crippen LogP) is 2.15. The summed E-state index contributed by atoms with van der Waals surface area (Å²) in [7, 11) is 0. The molecule has 0 radical (unpaired) electrons. The smallest absolute Gasteiger partial charge is 0.419 e. The quantitative estimate of drug-likeness (QED) is 0.735. The minimum Gasteiger partial charge on any atom is -0.443 e. The van der Waals surface area contributed by atoms with Gasteiger partial charge in [-0.25, -0.2) is 9.36 Å². The van der Waals surface area contributed by atoms with Crippen LogP contribution in [0.4, 0.5) is 4.79 Å². The molecule has 1 heterocycles. The number of carbonyl (C=O) groups excluding carboxylic acids is 2. The van der Waals surface area contributed by atoms with Gasteiger partial charge in [0.05, 0.1) is 18.2 Å². The summed E-state index contributed by atoms with van der Waals surface area (Å²) in [6.45, 7) is 5.22. The molecular formula is C12H14N2O3. The fourth-order valence-corrected chi connectivity index (χ4v) is 1.29. The fourth-order valence-electron chi connectivity index (χ4n) is 1.29. The molecule has 1 aromatic rings. The normalized spacial score (nSPS) is 10.7. The van der Waals surface area contributed by atoms with E-state index in [1.54, 1.807) is 20.8 Å². The molecule has 17 heavy (non-hydrogen) atoms. The molecule has 0 aliphatic carbocycles. The molecule has 0 amide bonds. The monoisotopic (exact) mass is 234 g/mol. The molecule has 0 N–H and O–H groups in total. The minimum atomic E-state index is -0.628. The lowest BCUT2D eigenvalue weighted by molar-refractivity contribution is 0.0531. The van der Waals surface area contributed by atoms with Gasteiger partial charge >= 0.3 is 6.09 Å². The fraction of sp³-hybridized carbons (Fsp3) is 0.417. The van der Waals surface area contributed by atoms with Gasteiger partial charge < -0.3 is 4.74 Å². The largest absolute Gasteiger partial charge is 0.443 e. The molecule has 0 bridgehead atoms. The first-order valence-electron chi connectivity index (χ1n) is 5.14. The number of nitrogens with zero attached hydrogens (tertiary/aromatic N) is 2. The summed E-state index contributed by atoms with van der Waals surface area (Å²) in [6.07, 6.45) is 1.53. The van der Waals surface area contributed by atoms with Gasteiger partial charge in [0.2, 0.25) is 0 Å². The Morgan fingerprint density at radius 1 is 1.59 bits per heavy atom. The molecule has 0 unspecified atom stereocenters. The Balaban J connectivity index is 3.00. The summed E-state index contributed by atoms with van der Waals surface area (Å²) in [5.74, 6) is 0. The van der Waals surface area contributed by atoms with Gasteiger partial charge in [-0.05, 0) is 32.4 Å². The third-order valence-corrected chi connectivity index (χ3v) is 1.90. The molecule has 0 aliphatic heterocycles. The first-order valence-corrected chi connectivity index (χ1v) is 5.14. The van der Waals surface area contributed by atoms with Crippen LogP contribution in [0.1, 0.15) is 36.8 Å². The second kappa shape index (κ2) is 4.83. The van der Waals surface area contributed by atoms with Crippen molar-refractivity contribution >= 4 is 12.4 Å². The Bertz CT molecular complexity index is 475. The lowest BCUT2D eigenvalue weighted by Gasteiger charge is -2.19. The summed E-state index contributed by atoms with van der Waals surface area (Å²) in [5, 5.41) is 8.55. The Hall–Kier alpha value is -2.09. The van der Waals surface area contributed by atoms with Crippen LogP contribution in [0.5, 0.6) is 0 Å². The van der Waals surface area contributed by atoms with Gasteiger partial charge in [0.15, 0.2) is 6.29 Å². The Kier molecular flexibility index (Phi) is 3.69. The van der Waals surface area contributed by atoms with Gasteiger partial charge in [-0.2, -0.15) is 5.26 Å². The number of hydrogen-bond donors (Lipinski definition) is 0. The number of hydrogen-bond acceptors (Lipinski definition) is 4. The van der Waals surface area contributed by atoms with E-state index in [9.17, 15) is 9.59 Å². The van der Waals surface area contributed by atoms with Crippen molar-refractivity contribution in [2.75, 3.05) is 0 Å². The topological polar surface area (TPSA) is 72.1 Å². The van der Waals surface area contributed by atoms with Crippen LogP contribution in [-0.4, -0.2) is 22.5 Å². The highest BCUT2D eigenvalue weighted by atomic mass is 16.6. The van der Waals surface area contributed by atoms with Gasteiger partial charge in [-0.15, -0.1) is 0 Å². The van der Waals surface area contributed by atoms with Crippen LogP contribution in [0.2, 0.25) is 0 Å². The maximum atomic E-state index is 11.8. The van der Waals surface area contributed by atoms with Gasteiger partial charge in [-0.3, -0.25) is 4.79 Å². The first-order chi connectivity index (χ1) is 7.87. The Morgan fingerprint density at radius 2 is 2.24 bits per heavy atom. The third kappa shape index (κ3) is 3.45. The molecular weight excluding hydrogens is 220 g/mol. The molecule has 90 valence electrons. The number of aromatic nitrogens is 1. The molecule has 0 aromatic carbocycles. The zero-order chi connectivity index (χ0) is 13.1. The van der Waals surface area contributed by atoms with Crippen LogP contribution >= 0.6 is 0 Å². The second-order valence-electron chi connectivity index (χ2n) is 4.58.